The van der Waals surface area contributed by atoms with Gasteiger partial charge in [-0.1, -0.05) is 6.42 Å². The van der Waals surface area contributed by atoms with Crippen molar-refractivity contribution in [1.29, 1.82) is 0 Å². The van der Waals surface area contributed by atoms with Crippen molar-refractivity contribution in [2.24, 2.45) is 11.7 Å². The largest absolute Gasteiger partial charge is 0.330 e. The average molecular weight is 131 g/mol. The van der Waals surface area contributed by atoms with Crippen molar-refractivity contribution in [2.45, 2.75) is 31.9 Å². The molecular formula is C7H14FN. The van der Waals surface area contributed by atoms with E-state index in [1.54, 1.807) is 0 Å². The van der Waals surface area contributed by atoms with Gasteiger partial charge in [0, 0.05) is 0 Å². The van der Waals surface area contributed by atoms with Crippen LogP contribution in [0.2, 0.25) is 0 Å². The molecular weight excluding hydrogens is 117 g/mol. The van der Waals surface area contributed by atoms with E-state index in [-0.39, 0.29) is 0 Å². The van der Waals surface area contributed by atoms with Crippen LogP contribution in [0.25, 0.3) is 0 Å². The summed E-state index contributed by atoms with van der Waals surface area (Å²) in [6, 6.07) is 0. The van der Waals surface area contributed by atoms with Gasteiger partial charge < -0.3 is 5.73 Å². The van der Waals surface area contributed by atoms with Gasteiger partial charge in [0.25, 0.3) is 0 Å². The summed E-state index contributed by atoms with van der Waals surface area (Å²) < 4.78 is 12.6. The van der Waals surface area contributed by atoms with Crippen LogP contribution in [0.5, 0.6) is 0 Å². The van der Waals surface area contributed by atoms with Crippen LogP contribution in [-0.2, 0) is 0 Å². The second-order valence-electron chi connectivity index (χ2n) is 2.87. The Labute approximate surface area is 55.4 Å². The third-order valence-electron chi connectivity index (χ3n) is 2.05. The van der Waals surface area contributed by atoms with Crippen LogP contribution in [0.3, 0.4) is 0 Å². The molecule has 1 aliphatic rings. The van der Waals surface area contributed by atoms with E-state index in [2.05, 4.69) is 0 Å². The Morgan fingerprint density at radius 1 is 1.44 bits per heavy atom. The smallest absolute Gasteiger partial charge is 0.100 e. The molecule has 0 aromatic rings. The lowest BCUT2D eigenvalue weighted by atomic mass is 9.88. The highest BCUT2D eigenvalue weighted by Gasteiger charge is 2.19. The topological polar surface area (TPSA) is 26.0 Å². The minimum Gasteiger partial charge on any atom is -0.330 e. The highest BCUT2D eigenvalue weighted by molar-refractivity contribution is 4.72. The number of alkyl halides is 1. The summed E-state index contributed by atoms with van der Waals surface area (Å²) in [5.74, 6) is 0.466. The van der Waals surface area contributed by atoms with Crippen molar-refractivity contribution in [3.8, 4) is 0 Å². The van der Waals surface area contributed by atoms with Gasteiger partial charge in [-0.25, -0.2) is 4.39 Å². The monoisotopic (exact) mass is 131 g/mol. The van der Waals surface area contributed by atoms with E-state index in [9.17, 15) is 4.39 Å². The fourth-order valence-corrected chi connectivity index (χ4v) is 1.44. The van der Waals surface area contributed by atoms with Crippen molar-refractivity contribution in [2.75, 3.05) is 6.54 Å². The molecule has 0 spiro atoms. The summed E-state index contributed by atoms with van der Waals surface area (Å²) in [6.07, 6.45) is 3.07. The second kappa shape index (κ2) is 3.16. The van der Waals surface area contributed by atoms with Gasteiger partial charge in [-0.05, 0) is 31.7 Å². The van der Waals surface area contributed by atoms with Crippen molar-refractivity contribution in [3.63, 3.8) is 0 Å². The zero-order valence-corrected chi connectivity index (χ0v) is 5.65. The maximum Gasteiger partial charge on any atom is 0.100 e. The fourth-order valence-electron chi connectivity index (χ4n) is 1.44. The van der Waals surface area contributed by atoms with Crippen molar-refractivity contribution < 1.29 is 4.39 Å². The van der Waals surface area contributed by atoms with E-state index in [1.807, 2.05) is 0 Å². The summed E-state index contributed by atoms with van der Waals surface area (Å²) >= 11 is 0. The standard InChI is InChI=1S/C7H14FN/c8-7-3-1-2-6(4-7)5-9/h6-7H,1-5,9H2/t6-,7-/m0/s1. The van der Waals surface area contributed by atoms with E-state index in [4.69, 9.17) is 5.73 Å². The fraction of sp³-hybridized carbons (Fsp3) is 1.00. The van der Waals surface area contributed by atoms with Gasteiger partial charge in [-0.3, -0.25) is 0 Å². The summed E-state index contributed by atoms with van der Waals surface area (Å²) in [7, 11) is 0. The molecule has 1 nitrogen and oxygen atoms in total. The molecule has 54 valence electrons. The van der Waals surface area contributed by atoms with Crippen LogP contribution in [0.15, 0.2) is 0 Å². The van der Waals surface area contributed by atoms with E-state index in [0.29, 0.717) is 18.9 Å². The number of hydrogen-bond acceptors (Lipinski definition) is 1. The van der Waals surface area contributed by atoms with Crippen LogP contribution in [0.4, 0.5) is 4.39 Å². The van der Waals surface area contributed by atoms with Crippen molar-refractivity contribution in [1.82, 2.24) is 0 Å². The van der Waals surface area contributed by atoms with E-state index >= 15 is 0 Å². The third-order valence-corrected chi connectivity index (χ3v) is 2.05. The predicted octanol–water partition coefficient (Wildman–Crippen LogP) is 1.47. The molecule has 0 bridgehead atoms. The highest BCUT2D eigenvalue weighted by atomic mass is 19.1. The lowest BCUT2D eigenvalue weighted by Gasteiger charge is -2.22. The predicted molar refractivity (Wildman–Crippen MR) is 35.9 cm³/mol. The molecule has 2 N–H and O–H groups in total. The minimum atomic E-state index is -0.563. The molecule has 2 heteroatoms. The Bertz CT molecular complexity index is 85.0. The zero-order chi connectivity index (χ0) is 6.69. The molecule has 0 saturated heterocycles. The van der Waals surface area contributed by atoms with E-state index in [1.165, 1.54) is 0 Å². The molecule has 1 rings (SSSR count). The maximum absolute atomic E-state index is 12.6. The summed E-state index contributed by atoms with van der Waals surface area (Å²) in [6.45, 7) is 0.667. The maximum atomic E-state index is 12.6. The molecule has 0 radical (unpaired) electrons. The molecule has 1 fully saturated rings. The molecule has 1 saturated carbocycles. The molecule has 0 heterocycles. The Morgan fingerprint density at radius 3 is 2.67 bits per heavy atom. The number of rotatable bonds is 1. The molecule has 0 aromatic carbocycles. The number of hydrogen-bond donors (Lipinski definition) is 1. The summed E-state index contributed by atoms with van der Waals surface area (Å²) in [4.78, 5) is 0. The molecule has 0 unspecified atom stereocenters. The first-order valence-corrected chi connectivity index (χ1v) is 3.67. The SMILES string of the molecule is NC[C@H]1CCC[C@H](F)C1. The van der Waals surface area contributed by atoms with Crippen LogP contribution in [0.1, 0.15) is 25.7 Å². The normalized spacial score (nSPS) is 36.7. The van der Waals surface area contributed by atoms with Crippen LogP contribution in [-0.4, -0.2) is 12.7 Å². The first kappa shape index (κ1) is 7.00. The molecule has 0 amide bonds. The molecule has 0 aromatic heterocycles. The third kappa shape index (κ3) is 1.94. The van der Waals surface area contributed by atoms with Gasteiger partial charge in [0.05, 0.1) is 0 Å². The summed E-state index contributed by atoms with van der Waals surface area (Å²) in [5.41, 5.74) is 5.40. The molecule has 1 aliphatic carbocycles. The minimum absolute atomic E-state index is 0.466. The van der Waals surface area contributed by atoms with Crippen LogP contribution >= 0.6 is 0 Å². The Morgan fingerprint density at radius 2 is 2.22 bits per heavy atom. The lowest BCUT2D eigenvalue weighted by Crippen LogP contribution is -2.22. The van der Waals surface area contributed by atoms with Gasteiger partial charge in [-0.2, -0.15) is 0 Å². The Balaban J connectivity index is 2.23. The number of halogens is 1. The van der Waals surface area contributed by atoms with Crippen molar-refractivity contribution in [3.05, 3.63) is 0 Å². The van der Waals surface area contributed by atoms with Gasteiger partial charge in [0.1, 0.15) is 6.17 Å². The van der Waals surface area contributed by atoms with Crippen LogP contribution in [0, 0.1) is 5.92 Å². The van der Waals surface area contributed by atoms with E-state index in [0.717, 1.165) is 19.3 Å². The summed E-state index contributed by atoms with van der Waals surface area (Å²) in [5, 5.41) is 0. The van der Waals surface area contributed by atoms with Gasteiger partial charge >= 0.3 is 0 Å². The lowest BCUT2D eigenvalue weighted by molar-refractivity contribution is 0.202. The van der Waals surface area contributed by atoms with Gasteiger partial charge in [-0.15, -0.1) is 0 Å². The van der Waals surface area contributed by atoms with Gasteiger partial charge in [0.15, 0.2) is 0 Å². The van der Waals surface area contributed by atoms with Gasteiger partial charge in [0.2, 0.25) is 0 Å². The van der Waals surface area contributed by atoms with Crippen molar-refractivity contribution >= 4 is 0 Å². The Kier molecular flexibility index (Phi) is 2.46. The highest BCUT2D eigenvalue weighted by Crippen LogP contribution is 2.24. The zero-order valence-electron chi connectivity index (χ0n) is 5.65. The first-order chi connectivity index (χ1) is 4.33. The second-order valence-corrected chi connectivity index (χ2v) is 2.87. The average Bonchev–Trinajstić information content (AvgIpc) is 1.88. The molecule has 0 aliphatic heterocycles. The first-order valence-electron chi connectivity index (χ1n) is 3.67. The molecule has 9 heavy (non-hydrogen) atoms. The quantitative estimate of drug-likeness (QED) is 0.573. The number of nitrogens with two attached hydrogens (primary N) is 1. The van der Waals surface area contributed by atoms with E-state index < -0.39 is 6.17 Å². The molecule has 2 atom stereocenters. The Hall–Kier alpha value is -0.110. The van der Waals surface area contributed by atoms with Crippen LogP contribution < -0.4 is 5.73 Å².